The highest BCUT2D eigenvalue weighted by Crippen LogP contribution is 2.24. The van der Waals surface area contributed by atoms with Gasteiger partial charge >= 0.3 is 0 Å². The Hall–Kier alpha value is -2.58. The van der Waals surface area contributed by atoms with E-state index in [0.29, 0.717) is 16.1 Å². The molecule has 0 unspecified atom stereocenters. The van der Waals surface area contributed by atoms with Gasteiger partial charge in [-0.1, -0.05) is 42.1 Å². The molecular formula is C17H13N3OS. The van der Waals surface area contributed by atoms with Gasteiger partial charge in [0.15, 0.2) is 5.16 Å². The summed E-state index contributed by atoms with van der Waals surface area (Å²) < 4.78 is 1.57. The lowest BCUT2D eigenvalue weighted by Gasteiger charge is -2.13. The number of nitrogens with zero attached hydrogens (tertiary/aromatic N) is 3. The molecule has 0 amide bonds. The highest BCUT2D eigenvalue weighted by molar-refractivity contribution is 8.00. The minimum atomic E-state index is -0.289. The number of hydrogen-bond donors (Lipinski definition) is 0. The number of nitriles is 1. The van der Waals surface area contributed by atoms with Crippen LogP contribution in [0.1, 0.15) is 6.92 Å². The van der Waals surface area contributed by atoms with Crippen LogP contribution in [-0.4, -0.2) is 14.8 Å². The van der Waals surface area contributed by atoms with E-state index >= 15 is 0 Å². The summed E-state index contributed by atoms with van der Waals surface area (Å²) in [6.07, 6.45) is 0. The average Bonchev–Trinajstić information content (AvgIpc) is 2.56. The average molecular weight is 307 g/mol. The van der Waals surface area contributed by atoms with Crippen molar-refractivity contribution < 1.29 is 0 Å². The monoisotopic (exact) mass is 307 g/mol. The quantitative estimate of drug-likeness (QED) is 0.550. The summed E-state index contributed by atoms with van der Waals surface area (Å²) in [4.78, 5) is 17.4. The fourth-order valence-corrected chi connectivity index (χ4v) is 2.99. The Morgan fingerprint density at radius 1 is 1.14 bits per heavy atom. The molecule has 4 nitrogen and oxygen atoms in total. The van der Waals surface area contributed by atoms with Gasteiger partial charge in [0, 0.05) is 0 Å². The first-order chi connectivity index (χ1) is 10.7. The lowest BCUT2D eigenvalue weighted by atomic mass is 10.2. The number of rotatable bonds is 3. The van der Waals surface area contributed by atoms with Crippen LogP contribution in [0.3, 0.4) is 0 Å². The zero-order valence-electron chi connectivity index (χ0n) is 11.9. The van der Waals surface area contributed by atoms with E-state index in [4.69, 9.17) is 5.26 Å². The predicted octanol–water partition coefficient (Wildman–Crippen LogP) is 3.39. The van der Waals surface area contributed by atoms with Gasteiger partial charge in [-0.25, -0.2) is 4.98 Å². The van der Waals surface area contributed by atoms with E-state index in [0.717, 1.165) is 5.69 Å². The molecule has 5 heteroatoms. The third-order valence-electron chi connectivity index (χ3n) is 3.22. The molecule has 3 aromatic rings. The molecule has 0 N–H and O–H groups in total. The van der Waals surface area contributed by atoms with Gasteiger partial charge in [0.1, 0.15) is 0 Å². The van der Waals surface area contributed by atoms with Crippen molar-refractivity contribution in [3.8, 4) is 11.8 Å². The van der Waals surface area contributed by atoms with E-state index in [1.165, 1.54) is 11.8 Å². The van der Waals surface area contributed by atoms with Crippen molar-refractivity contribution in [2.24, 2.45) is 0 Å². The van der Waals surface area contributed by atoms with Gasteiger partial charge in [-0.15, -0.1) is 0 Å². The standard InChI is InChI=1S/C17H13N3OS/c1-12(11-18)22-17-19-15-10-6-5-9-14(15)16(21)20(17)13-7-3-2-4-8-13/h2-10,12H,1H3/t12-/m0/s1. The van der Waals surface area contributed by atoms with Crippen LogP contribution >= 0.6 is 11.8 Å². The molecular weight excluding hydrogens is 294 g/mol. The van der Waals surface area contributed by atoms with Crippen molar-refractivity contribution in [3.05, 3.63) is 65.0 Å². The summed E-state index contributed by atoms with van der Waals surface area (Å²) in [5, 5.41) is 9.87. The number of hydrogen-bond acceptors (Lipinski definition) is 4. The van der Waals surface area contributed by atoms with Crippen molar-refractivity contribution in [2.75, 3.05) is 0 Å². The number of fused-ring (bicyclic) bond motifs is 1. The number of benzene rings is 2. The Balaban J connectivity index is 2.32. The Morgan fingerprint density at radius 3 is 2.55 bits per heavy atom. The topological polar surface area (TPSA) is 58.7 Å². The minimum Gasteiger partial charge on any atom is -0.268 e. The molecule has 0 aliphatic carbocycles. The van der Waals surface area contributed by atoms with Crippen LogP contribution in [0.25, 0.3) is 16.6 Å². The molecule has 2 aromatic carbocycles. The van der Waals surface area contributed by atoms with Gasteiger partial charge < -0.3 is 0 Å². The van der Waals surface area contributed by atoms with E-state index in [-0.39, 0.29) is 10.8 Å². The fraction of sp³-hybridized carbons (Fsp3) is 0.118. The molecule has 1 atom stereocenters. The highest BCUT2D eigenvalue weighted by atomic mass is 32.2. The molecule has 0 spiro atoms. The van der Waals surface area contributed by atoms with Crippen LogP contribution in [0.4, 0.5) is 0 Å². The highest BCUT2D eigenvalue weighted by Gasteiger charge is 2.15. The molecule has 0 fully saturated rings. The van der Waals surface area contributed by atoms with E-state index in [1.54, 1.807) is 17.6 Å². The molecule has 0 radical (unpaired) electrons. The maximum atomic E-state index is 12.8. The summed E-state index contributed by atoms with van der Waals surface area (Å²) in [5.41, 5.74) is 1.27. The summed E-state index contributed by atoms with van der Waals surface area (Å²) in [5.74, 6) is 0. The van der Waals surface area contributed by atoms with Crippen LogP contribution in [0.5, 0.6) is 0 Å². The van der Waals surface area contributed by atoms with Gasteiger partial charge in [-0.3, -0.25) is 9.36 Å². The summed E-state index contributed by atoms with van der Waals surface area (Å²) in [6.45, 7) is 1.79. The molecule has 0 aliphatic rings. The fourth-order valence-electron chi connectivity index (χ4n) is 2.18. The Kier molecular flexibility index (Phi) is 3.94. The molecule has 1 aromatic heterocycles. The largest absolute Gasteiger partial charge is 0.268 e. The molecule has 108 valence electrons. The smallest absolute Gasteiger partial charge is 0.266 e. The number of aromatic nitrogens is 2. The molecule has 3 rings (SSSR count). The summed E-state index contributed by atoms with van der Waals surface area (Å²) >= 11 is 1.28. The zero-order valence-corrected chi connectivity index (χ0v) is 12.7. The number of para-hydroxylation sites is 2. The van der Waals surface area contributed by atoms with E-state index in [2.05, 4.69) is 11.1 Å². The van der Waals surface area contributed by atoms with Crippen LogP contribution in [0.2, 0.25) is 0 Å². The van der Waals surface area contributed by atoms with Gasteiger partial charge in [0.05, 0.1) is 27.9 Å². The van der Waals surface area contributed by atoms with Crippen LogP contribution in [0, 0.1) is 11.3 Å². The molecule has 1 heterocycles. The maximum absolute atomic E-state index is 12.8. The second kappa shape index (κ2) is 6.04. The molecule has 0 saturated carbocycles. The first kappa shape index (κ1) is 14.4. The van der Waals surface area contributed by atoms with Crippen molar-refractivity contribution in [3.63, 3.8) is 0 Å². The lowest BCUT2D eigenvalue weighted by Crippen LogP contribution is -2.22. The Bertz CT molecular complexity index is 913. The third-order valence-corrected chi connectivity index (χ3v) is 4.17. The normalized spacial score (nSPS) is 12.0. The van der Waals surface area contributed by atoms with Gasteiger partial charge in [0.25, 0.3) is 5.56 Å². The first-order valence-corrected chi connectivity index (χ1v) is 7.72. The molecule has 0 bridgehead atoms. The third kappa shape index (κ3) is 2.61. The second-order valence-corrected chi connectivity index (χ2v) is 6.08. The molecule has 0 aliphatic heterocycles. The van der Waals surface area contributed by atoms with Crippen LogP contribution in [-0.2, 0) is 0 Å². The lowest BCUT2D eigenvalue weighted by molar-refractivity contribution is 0.818. The second-order valence-electron chi connectivity index (χ2n) is 4.78. The molecule has 0 saturated heterocycles. The SMILES string of the molecule is C[C@@H](C#N)Sc1nc2ccccc2c(=O)n1-c1ccccc1. The van der Waals surface area contributed by atoms with Crippen molar-refractivity contribution in [2.45, 2.75) is 17.3 Å². The summed E-state index contributed by atoms with van der Waals surface area (Å²) in [7, 11) is 0. The minimum absolute atomic E-state index is 0.121. The number of thioether (sulfide) groups is 1. The predicted molar refractivity (Wildman–Crippen MR) is 88.3 cm³/mol. The van der Waals surface area contributed by atoms with Gasteiger partial charge in [-0.05, 0) is 31.2 Å². The zero-order chi connectivity index (χ0) is 15.5. The maximum Gasteiger partial charge on any atom is 0.266 e. The van der Waals surface area contributed by atoms with E-state index < -0.39 is 0 Å². The Morgan fingerprint density at radius 2 is 1.82 bits per heavy atom. The van der Waals surface area contributed by atoms with Crippen LogP contribution < -0.4 is 5.56 Å². The summed E-state index contributed by atoms with van der Waals surface area (Å²) in [6, 6.07) is 18.8. The van der Waals surface area contributed by atoms with Crippen LogP contribution in [0.15, 0.2) is 64.5 Å². The van der Waals surface area contributed by atoms with Gasteiger partial charge in [-0.2, -0.15) is 5.26 Å². The van der Waals surface area contributed by atoms with E-state index in [9.17, 15) is 4.79 Å². The first-order valence-electron chi connectivity index (χ1n) is 6.84. The van der Waals surface area contributed by atoms with Crippen molar-refractivity contribution >= 4 is 22.7 Å². The Labute approximate surface area is 132 Å². The van der Waals surface area contributed by atoms with Gasteiger partial charge in [0.2, 0.25) is 0 Å². The molecule has 22 heavy (non-hydrogen) atoms. The van der Waals surface area contributed by atoms with Crippen molar-refractivity contribution in [1.82, 2.24) is 9.55 Å². The van der Waals surface area contributed by atoms with E-state index in [1.807, 2.05) is 48.5 Å². The van der Waals surface area contributed by atoms with Crippen molar-refractivity contribution in [1.29, 1.82) is 5.26 Å².